The number of carbonyl (C=O) groups is 2. The first-order valence-electron chi connectivity index (χ1n) is 5.86. The van der Waals surface area contributed by atoms with Gasteiger partial charge < -0.3 is 15.3 Å². The molecule has 1 aromatic rings. The molecule has 1 aromatic carbocycles. The number of anilines is 1. The number of carboxylic acids is 1. The molecule has 1 heterocycles. The Labute approximate surface area is 105 Å². The third-order valence-electron chi connectivity index (χ3n) is 3.34. The topological polar surface area (TPSA) is 69.6 Å². The van der Waals surface area contributed by atoms with E-state index in [0.717, 1.165) is 0 Å². The minimum atomic E-state index is -0.894. The molecule has 5 nitrogen and oxygen atoms in total. The van der Waals surface area contributed by atoms with Gasteiger partial charge in [-0.1, -0.05) is 18.2 Å². The van der Waals surface area contributed by atoms with Gasteiger partial charge in [0.15, 0.2) is 0 Å². The lowest BCUT2D eigenvalue weighted by Crippen LogP contribution is -2.43. The summed E-state index contributed by atoms with van der Waals surface area (Å²) in [6.45, 7) is 1.97. The molecule has 0 spiro atoms. The average molecular weight is 248 g/mol. The van der Waals surface area contributed by atoms with E-state index in [2.05, 4.69) is 5.32 Å². The van der Waals surface area contributed by atoms with Crippen LogP contribution in [0, 0.1) is 0 Å². The molecule has 0 aliphatic carbocycles. The van der Waals surface area contributed by atoms with Crippen LogP contribution in [0.4, 0.5) is 5.69 Å². The normalized spacial score (nSPS) is 19.4. The van der Waals surface area contributed by atoms with Crippen LogP contribution in [0.15, 0.2) is 24.3 Å². The summed E-state index contributed by atoms with van der Waals surface area (Å²) in [6.07, 6.45) is 0. The Morgan fingerprint density at radius 1 is 1.44 bits per heavy atom. The first-order chi connectivity index (χ1) is 8.56. The van der Waals surface area contributed by atoms with Gasteiger partial charge in [0.1, 0.15) is 5.92 Å². The zero-order valence-corrected chi connectivity index (χ0v) is 10.4. The Balaban J connectivity index is 2.37. The number of carboxylic acid groups (broad SMARTS) is 1. The Hall–Kier alpha value is -1.88. The minimum Gasteiger partial charge on any atom is -0.481 e. The van der Waals surface area contributed by atoms with Gasteiger partial charge in [-0.25, -0.2) is 0 Å². The zero-order chi connectivity index (χ0) is 13.3. The lowest BCUT2D eigenvalue weighted by molar-refractivity contribution is -0.138. The van der Waals surface area contributed by atoms with Gasteiger partial charge in [0.2, 0.25) is 5.91 Å². The molecule has 1 aliphatic heterocycles. The van der Waals surface area contributed by atoms with Crippen molar-refractivity contribution in [1.29, 1.82) is 0 Å². The Morgan fingerprint density at radius 3 is 2.72 bits per heavy atom. The van der Waals surface area contributed by atoms with E-state index in [1.807, 2.05) is 6.07 Å². The standard InChI is InChI=1S/C13H16N2O3/c1-8(14-2)12(16)15-7-10(13(17)18)9-5-3-4-6-11(9)15/h3-6,8,10,14H,7H2,1-2H3,(H,17,18). The average Bonchev–Trinajstić information content (AvgIpc) is 2.76. The highest BCUT2D eigenvalue weighted by atomic mass is 16.4. The van der Waals surface area contributed by atoms with E-state index < -0.39 is 11.9 Å². The number of amides is 1. The maximum Gasteiger partial charge on any atom is 0.312 e. The van der Waals surface area contributed by atoms with E-state index in [9.17, 15) is 14.7 Å². The molecule has 0 saturated heterocycles. The summed E-state index contributed by atoms with van der Waals surface area (Å²) in [6, 6.07) is 6.84. The van der Waals surface area contributed by atoms with Gasteiger partial charge in [0, 0.05) is 12.2 Å². The van der Waals surface area contributed by atoms with E-state index in [1.165, 1.54) is 0 Å². The van der Waals surface area contributed by atoms with Crippen molar-refractivity contribution in [1.82, 2.24) is 5.32 Å². The summed E-state index contributed by atoms with van der Waals surface area (Å²) in [4.78, 5) is 24.9. The van der Waals surface area contributed by atoms with Gasteiger partial charge in [-0.15, -0.1) is 0 Å². The van der Waals surface area contributed by atoms with Crippen molar-refractivity contribution in [3.05, 3.63) is 29.8 Å². The number of nitrogens with one attached hydrogen (secondary N) is 1. The molecule has 2 atom stereocenters. The van der Waals surface area contributed by atoms with Crippen LogP contribution in [0.2, 0.25) is 0 Å². The molecular weight excluding hydrogens is 232 g/mol. The molecule has 2 N–H and O–H groups in total. The zero-order valence-electron chi connectivity index (χ0n) is 10.4. The van der Waals surface area contributed by atoms with E-state index in [1.54, 1.807) is 37.1 Å². The summed E-state index contributed by atoms with van der Waals surface area (Å²) in [5, 5.41) is 12.1. The van der Waals surface area contributed by atoms with Crippen LogP contribution < -0.4 is 10.2 Å². The number of aliphatic carboxylic acids is 1. The number of para-hydroxylation sites is 1. The van der Waals surface area contributed by atoms with Crippen LogP contribution in [0.25, 0.3) is 0 Å². The van der Waals surface area contributed by atoms with Gasteiger partial charge in [0.25, 0.3) is 0 Å². The highest BCUT2D eigenvalue weighted by Crippen LogP contribution is 2.36. The van der Waals surface area contributed by atoms with Crippen LogP contribution in [0.3, 0.4) is 0 Å². The molecule has 0 saturated carbocycles. The lowest BCUT2D eigenvalue weighted by Gasteiger charge is -2.21. The van der Waals surface area contributed by atoms with Gasteiger partial charge >= 0.3 is 5.97 Å². The smallest absolute Gasteiger partial charge is 0.312 e. The van der Waals surface area contributed by atoms with Crippen LogP contribution in [-0.2, 0) is 9.59 Å². The fourth-order valence-electron chi connectivity index (χ4n) is 2.18. The summed E-state index contributed by atoms with van der Waals surface area (Å²) in [7, 11) is 1.71. The molecular formula is C13H16N2O3. The summed E-state index contributed by atoms with van der Waals surface area (Å²) in [5.41, 5.74) is 1.42. The minimum absolute atomic E-state index is 0.103. The van der Waals surface area contributed by atoms with Crippen molar-refractivity contribution in [2.24, 2.45) is 0 Å². The molecule has 2 unspecified atom stereocenters. The molecule has 0 radical (unpaired) electrons. The first-order valence-corrected chi connectivity index (χ1v) is 5.86. The quantitative estimate of drug-likeness (QED) is 0.830. The van der Waals surface area contributed by atoms with Crippen molar-refractivity contribution >= 4 is 17.6 Å². The lowest BCUT2D eigenvalue weighted by atomic mass is 10.0. The number of likely N-dealkylation sites (N-methyl/N-ethyl adjacent to an activating group) is 1. The van der Waals surface area contributed by atoms with Gasteiger partial charge in [-0.2, -0.15) is 0 Å². The number of fused-ring (bicyclic) bond motifs is 1. The fraction of sp³-hybridized carbons (Fsp3) is 0.385. The van der Waals surface area contributed by atoms with Crippen molar-refractivity contribution in [2.45, 2.75) is 18.9 Å². The van der Waals surface area contributed by atoms with E-state index in [-0.39, 0.29) is 18.5 Å². The van der Waals surface area contributed by atoms with Crippen LogP contribution in [0.1, 0.15) is 18.4 Å². The number of rotatable bonds is 3. The molecule has 0 aromatic heterocycles. The monoisotopic (exact) mass is 248 g/mol. The SMILES string of the molecule is CNC(C)C(=O)N1CC(C(=O)O)c2ccccc21. The molecule has 1 amide bonds. The second kappa shape index (κ2) is 4.78. The summed E-state index contributed by atoms with van der Waals surface area (Å²) in [5.74, 6) is -1.63. The number of hydrogen-bond acceptors (Lipinski definition) is 3. The third-order valence-corrected chi connectivity index (χ3v) is 3.34. The van der Waals surface area contributed by atoms with Crippen molar-refractivity contribution in [3.8, 4) is 0 Å². The predicted octanol–water partition coefficient (Wildman–Crippen LogP) is 0.809. The first kappa shape index (κ1) is 12.6. The highest BCUT2D eigenvalue weighted by Gasteiger charge is 2.37. The van der Waals surface area contributed by atoms with E-state index >= 15 is 0 Å². The molecule has 96 valence electrons. The maximum atomic E-state index is 12.2. The van der Waals surface area contributed by atoms with Gasteiger partial charge in [-0.05, 0) is 25.6 Å². The molecule has 0 fully saturated rings. The molecule has 18 heavy (non-hydrogen) atoms. The predicted molar refractivity (Wildman–Crippen MR) is 67.7 cm³/mol. The van der Waals surface area contributed by atoms with Crippen molar-refractivity contribution in [3.63, 3.8) is 0 Å². The van der Waals surface area contributed by atoms with E-state index in [4.69, 9.17) is 0 Å². The second-order valence-corrected chi connectivity index (χ2v) is 4.41. The summed E-state index contributed by atoms with van der Waals surface area (Å²) < 4.78 is 0. The molecule has 2 rings (SSSR count). The largest absolute Gasteiger partial charge is 0.481 e. The van der Waals surface area contributed by atoms with Crippen LogP contribution >= 0.6 is 0 Å². The Bertz CT molecular complexity index is 487. The fourth-order valence-corrected chi connectivity index (χ4v) is 2.18. The van der Waals surface area contributed by atoms with Crippen molar-refractivity contribution < 1.29 is 14.7 Å². The second-order valence-electron chi connectivity index (χ2n) is 4.41. The maximum absolute atomic E-state index is 12.2. The number of benzene rings is 1. The van der Waals surface area contributed by atoms with Crippen LogP contribution in [-0.4, -0.2) is 36.6 Å². The Kier molecular flexibility index (Phi) is 3.34. The Morgan fingerprint density at radius 2 is 2.11 bits per heavy atom. The summed E-state index contributed by atoms with van der Waals surface area (Å²) >= 11 is 0. The molecule has 5 heteroatoms. The number of nitrogens with zero attached hydrogens (tertiary/aromatic N) is 1. The molecule has 1 aliphatic rings. The number of hydrogen-bond donors (Lipinski definition) is 2. The van der Waals surface area contributed by atoms with Gasteiger partial charge in [-0.3, -0.25) is 9.59 Å². The highest BCUT2D eigenvalue weighted by molar-refractivity contribution is 6.01. The third kappa shape index (κ3) is 1.97. The van der Waals surface area contributed by atoms with Gasteiger partial charge in [0.05, 0.1) is 6.04 Å². The number of carbonyl (C=O) groups excluding carboxylic acids is 1. The van der Waals surface area contributed by atoms with E-state index in [0.29, 0.717) is 11.3 Å². The molecule has 0 bridgehead atoms. The van der Waals surface area contributed by atoms with Crippen molar-refractivity contribution in [2.75, 3.05) is 18.5 Å². The van der Waals surface area contributed by atoms with Crippen LogP contribution in [0.5, 0.6) is 0 Å².